The Morgan fingerprint density at radius 2 is 2.39 bits per heavy atom. The molecule has 96 valence electrons. The van der Waals surface area contributed by atoms with E-state index in [4.69, 9.17) is 4.74 Å². The van der Waals surface area contributed by atoms with E-state index in [9.17, 15) is 4.79 Å². The maximum absolute atomic E-state index is 11.2. The molecule has 2 heterocycles. The zero-order valence-electron chi connectivity index (χ0n) is 10.1. The van der Waals surface area contributed by atoms with Crippen LogP contribution in [0.3, 0.4) is 0 Å². The SMILES string of the molecule is CCOC(=O)CCCSc1ncnc2ccsc12. The van der Waals surface area contributed by atoms with Gasteiger partial charge in [-0.15, -0.1) is 23.1 Å². The number of rotatable bonds is 6. The summed E-state index contributed by atoms with van der Waals surface area (Å²) in [4.78, 5) is 19.6. The number of carbonyl (C=O) groups excluding carboxylic acids is 1. The van der Waals surface area contributed by atoms with Crippen LogP contribution in [0.15, 0.2) is 22.8 Å². The summed E-state index contributed by atoms with van der Waals surface area (Å²) in [6, 6.07) is 1.99. The second kappa shape index (κ2) is 6.70. The largest absolute Gasteiger partial charge is 0.466 e. The Kier molecular flexibility index (Phi) is 4.95. The molecule has 0 saturated heterocycles. The average Bonchev–Trinajstić information content (AvgIpc) is 2.84. The first-order valence-corrected chi connectivity index (χ1v) is 7.64. The molecule has 2 rings (SSSR count). The standard InChI is InChI=1S/C12H14N2O2S2/c1-2-16-10(15)4-3-6-18-12-11-9(5-7-17-11)13-8-14-12/h5,7-8H,2-4,6H2,1H3. The minimum absolute atomic E-state index is 0.123. The van der Waals surface area contributed by atoms with Crippen LogP contribution in [0.4, 0.5) is 0 Å². The van der Waals surface area contributed by atoms with Gasteiger partial charge in [0.25, 0.3) is 0 Å². The summed E-state index contributed by atoms with van der Waals surface area (Å²) in [5, 5.41) is 3.01. The molecule has 0 unspecified atom stereocenters. The van der Waals surface area contributed by atoms with Crippen molar-refractivity contribution >= 4 is 39.3 Å². The molecule has 2 aromatic rings. The summed E-state index contributed by atoms with van der Waals surface area (Å²) in [6.45, 7) is 2.27. The van der Waals surface area contributed by atoms with Crippen molar-refractivity contribution in [2.45, 2.75) is 24.8 Å². The van der Waals surface area contributed by atoms with E-state index in [-0.39, 0.29) is 5.97 Å². The van der Waals surface area contributed by atoms with Gasteiger partial charge < -0.3 is 4.74 Å². The van der Waals surface area contributed by atoms with Crippen molar-refractivity contribution in [2.24, 2.45) is 0 Å². The number of thioether (sulfide) groups is 1. The first kappa shape index (κ1) is 13.3. The Morgan fingerprint density at radius 1 is 1.50 bits per heavy atom. The summed E-state index contributed by atoms with van der Waals surface area (Å²) < 4.78 is 6.00. The predicted octanol–water partition coefficient (Wildman–Crippen LogP) is 3.13. The van der Waals surface area contributed by atoms with Gasteiger partial charge in [0.1, 0.15) is 11.4 Å². The van der Waals surface area contributed by atoms with E-state index in [1.54, 1.807) is 29.4 Å². The van der Waals surface area contributed by atoms with E-state index in [0.29, 0.717) is 13.0 Å². The highest BCUT2D eigenvalue weighted by Gasteiger charge is 2.06. The van der Waals surface area contributed by atoms with E-state index in [2.05, 4.69) is 9.97 Å². The molecule has 0 atom stereocenters. The van der Waals surface area contributed by atoms with Crippen molar-refractivity contribution in [3.8, 4) is 0 Å². The average molecular weight is 282 g/mol. The molecule has 0 aliphatic heterocycles. The lowest BCUT2D eigenvalue weighted by Gasteiger charge is -2.02. The fraction of sp³-hybridized carbons (Fsp3) is 0.417. The molecule has 0 spiro atoms. The molecule has 0 fully saturated rings. The third-order valence-electron chi connectivity index (χ3n) is 2.28. The van der Waals surface area contributed by atoms with Crippen LogP contribution in [0.25, 0.3) is 10.2 Å². The van der Waals surface area contributed by atoms with E-state index in [1.807, 2.05) is 18.4 Å². The number of esters is 1. The molecular formula is C12H14N2O2S2. The lowest BCUT2D eigenvalue weighted by molar-refractivity contribution is -0.143. The number of hydrogen-bond donors (Lipinski definition) is 0. The molecule has 0 aliphatic carbocycles. The third kappa shape index (κ3) is 3.43. The van der Waals surface area contributed by atoms with Crippen LogP contribution in [0.5, 0.6) is 0 Å². The van der Waals surface area contributed by atoms with Gasteiger partial charge >= 0.3 is 5.97 Å². The summed E-state index contributed by atoms with van der Waals surface area (Å²) in [5.74, 6) is 0.741. The first-order valence-electron chi connectivity index (χ1n) is 5.78. The molecular weight excluding hydrogens is 268 g/mol. The van der Waals surface area contributed by atoms with Crippen LogP contribution in [0.1, 0.15) is 19.8 Å². The molecule has 6 heteroatoms. The molecule has 18 heavy (non-hydrogen) atoms. The molecule has 0 bridgehead atoms. The summed E-state index contributed by atoms with van der Waals surface area (Å²) in [5.41, 5.74) is 0.989. The van der Waals surface area contributed by atoms with Crippen LogP contribution >= 0.6 is 23.1 Å². The fourth-order valence-corrected chi connectivity index (χ4v) is 3.38. The maximum atomic E-state index is 11.2. The second-order valence-electron chi connectivity index (χ2n) is 3.57. The zero-order valence-corrected chi connectivity index (χ0v) is 11.7. The number of carbonyl (C=O) groups is 1. The smallest absolute Gasteiger partial charge is 0.305 e. The van der Waals surface area contributed by atoms with Crippen LogP contribution in [-0.4, -0.2) is 28.3 Å². The van der Waals surface area contributed by atoms with Crippen molar-refractivity contribution in [1.29, 1.82) is 0 Å². The Bertz CT molecular complexity index is 528. The van der Waals surface area contributed by atoms with Crippen LogP contribution in [0, 0.1) is 0 Å². The van der Waals surface area contributed by atoms with Gasteiger partial charge in [0.15, 0.2) is 0 Å². The number of nitrogens with zero attached hydrogens (tertiary/aromatic N) is 2. The number of aromatic nitrogens is 2. The number of thiophene rings is 1. The van der Waals surface area contributed by atoms with E-state index >= 15 is 0 Å². The Morgan fingerprint density at radius 3 is 3.22 bits per heavy atom. The molecule has 0 aromatic carbocycles. The van der Waals surface area contributed by atoms with Crippen molar-refractivity contribution in [3.63, 3.8) is 0 Å². The predicted molar refractivity (Wildman–Crippen MR) is 74.0 cm³/mol. The highest BCUT2D eigenvalue weighted by molar-refractivity contribution is 7.99. The lowest BCUT2D eigenvalue weighted by atomic mass is 10.3. The van der Waals surface area contributed by atoms with Crippen LogP contribution in [0.2, 0.25) is 0 Å². The Balaban J connectivity index is 1.83. The van der Waals surface area contributed by atoms with Crippen LogP contribution < -0.4 is 0 Å². The summed E-state index contributed by atoms with van der Waals surface area (Å²) in [6.07, 6.45) is 2.86. The second-order valence-corrected chi connectivity index (χ2v) is 5.57. The van der Waals surface area contributed by atoms with Crippen LogP contribution in [-0.2, 0) is 9.53 Å². The maximum Gasteiger partial charge on any atom is 0.305 e. The summed E-state index contributed by atoms with van der Waals surface area (Å²) in [7, 11) is 0. The highest BCUT2D eigenvalue weighted by Crippen LogP contribution is 2.29. The van der Waals surface area contributed by atoms with Crippen molar-refractivity contribution in [3.05, 3.63) is 17.8 Å². The third-order valence-corrected chi connectivity index (χ3v) is 4.40. The van der Waals surface area contributed by atoms with Gasteiger partial charge in [0, 0.05) is 12.2 Å². The van der Waals surface area contributed by atoms with Gasteiger partial charge in [0.05, 0.1) is 16.8 Å². The fourth-order valence-electron chi connectivity index (χ4n) is 1.49. The Labute approximate surface area is 114 Å². The van der Waals surface area contributed by atoms with Gasteiger partial charge in [-0.05, 0) is 24.8 Å². The quantitative estimate of drug-likeness (QED) is 0.352. The van der Waals surface area contributed by atoms with E-state index in [1.165, 1.54) is 0 Å². The minimum Gasteiger partial charge on any atom is -0.466 e. The van der Waals surface area contributed by atoms with Crippen molar-refractivity contribution < 1.29 is 9.53 Å². The van der Waals surface area contributed by atoms with Gasteiger partial charge in [-0.25, -0.2) is 9.97 Å². The monoisotopic (exact) mass is 282 g/mol. The van der Waals surface area contributed by atoms with Gasteiger partial charge in [-0.1, -0.05) is 0 Å². The van der Waals surface area contributed by atoms with E-state index in [0.717, 1.165) is 27.4 Å². The number of hydrogen-bond acceptors (Lipinski definition) is 6. The van der Waals surface area contributed by atoms with Crippen molar-refractivity contribution in [1.82, 2.24) is 9.97 Å². The van der Waals surface area contributed by atoms with Crippen molar-refractivity contribution in [2.75, 3.05) is 12.4 Å². The van der Waals surface area contributed by atoms with E-state index < -0.39 is 0 Å². The van der Waals surface area contributed by atoms with Gasteiger partial charge in [0.2, 0.25) is 0 Å². The molecule has 0 amide bonds. The topological polar surface area (TPSA) is 52.1 Å². The molecule has 0 radical (unpaired) electrons. The normalized spacial score (nSPS) is 10.7. The number of fused-ring (bicyclic) bond motifs is 1. The first-order chi connectivity index (χ1) is 8.81. The highest BCUT2D eigenvalue weighted by atomic mass is 32.2. The molecule has 2 aromatic heterocycles. The molecule has 4 nitrogen and oxygen atoms in total. The lowest BCUT2D eigenvalue weighted by Crippen LogP contribution is -2.03. The number of ether oxygens (including phenoxy) is 1. The minimum atomic E-state index is -0.123. The summed E-state index contributed by atoms with van der Waals surface area (Å²) >= 11 is 3.32. The molecule has 0 saturated carbocycles. The van der Waals surface area contributed by atoms with Gasteiger partial charge in [-0.3, -0.25) is 4.79 Å². The zero-order chi connectivity index (χ0) is 12.8. The molecule has 0 aliphatic rings. The Hall–Kier alpha value is -1.14. The molecule has 0 N–H and O–H groups in total. The van der Waals surface area contributed by atoms with Gasteiger partial charge in [-0.2, -0.15) is 0 Å².